The third-order valence-electron chi connectivity index (χ3n) is 3.65. The van der Waals surface area contributed by atoms with Crippen molar-refractivity contribution in [1.82, 2.24) is 10.1 Å². The molecule has 1 unspecified atom stereocenters. The van der Waals surface area contributed by atoms with Gasteiger partial charge >= 0.3 is 6.03 Å². The highest BCUT2D eigenvalue weighted by Crippen LogP contribution is 2.41. The molecule has 0 spiro atoms. The van der Waals surface area contributed by atoms with E-state index in [0.29, 0.717) is 5.69 Å². The molecule has 1 aromatic heterocycles. The Morgan fingerprint density at radius 1 is 1.26 bits per heavy atom. The Kier molecular flexibility index (Phi) is 3.34. The summed E-state index contributed by atoms with van der Waals surface area (Å²) >= 11 is 3.35. The highest BCUT2D eigenvalue weighted by molar-refractivity contribution is 9.10. The van der Waals surface area contributed by atoms with Crippen molar-refractivity contribution in [3.8, 4) is 0 Å². The number of rotatable bonds is 1. The first-order chi connectivity index (χ1) is 11.2. The number of amides is 2. The number of para-hydroxylation sites is 1. The standard InChI is InChI=1S/C16H12BrN5O/c17-11-8-12(10-18-9-11)20-16(23)21-14-5-2-1-4-13(14)15-6-3-7-19-22(15)21/h1-10,15H,(H,20,23). The number of hydrogen-bond acceptors (Lipinski definition) is 4. The molecule has 2 amide bonds. The smallest absolute Gasteiger partial charge is 0.305 e. The van der Waals surface area contributed by atoms with Gasteiger partial charge in [-0.2, -0.15) is 15.2 Å². The maximum atomic E-state index is 12.8. The minimum atomic E-state index is -0.285. The molecule has 1 atom stereocenters. The van der Waals surface area contributed by atoms with Crippen LogP contribution in [-0.4, -0.2) is 22.3 Å². The van der Waals surface area contributed by atoms with Crippen LogP contribution in [0.25, 0.3) is 0 Å². The predicted octanol–water partition coefficient (Wildman–Crippen LogP) is 3.71. The second-order valence-electron chi connectivity index (χ2n) is 5.11. The van der Waals surface area contributed by atoms with Crippen molar-refractivity contribution < 1.29 is 4.79 Å². The maximum Gasteiger partial charge on any atom is 0.346 e. The fourth-order valence-electron chi connectivity index (χ4n) is 2.71. The van der Waals surface area contributed by atoms with Crippen LogP contribution < -0.4 is 10.3 Å². The summed E-state index contributed by atoms with van der Waals surface area (Å²) in [5.41, 5.74) is 2.48. The Morgan fingerprint density at radius 2 is 2.13 bits per heavy atom. The van der Waals surface area contributed by atoms with Crippen LogP contribution in [0.3, 0.4) is 0 Å². The van der Waals surface area contributed by atoms with Crippen molar-refractivity contribution in [1.29, 1.82) is 0 Å². The molecule has 7 heteroatoms. The number of allylic oxidation sites excluding steroid dienone is 1. The number of benzene rings is 1. The summed E-state index contributed by atoms with van der Waals surface area (Å²) in [6, 6.07) is 9.23. The van der Waals surface area contributed by atoms with E-state index in [-0.39, 0.29) is 12.1 Å². The van der Waals surface area contributed by atoms with Crippen LogP contribution in [0.4, 0.5) is 16.2 Å². The molecular formula is C16H12BrN5O. The minimum absolute atomic E-state index is 0.0671. The van der Waals surface area contributed by atoms with Crippen LogP contribution in [0.15, 0.2) is 64.5 Å². The van der Waals surface area contributed by atoms with Gasteiger partial charge in [-0.25, -0.2) is 4.79 Å². The first kappa shape index (κ1) is 14.0. The number of hydrogen-bond donors (Lipinski definition) is 1. The van der Waals surface area contributed by atoms with E-state index in [1.807, 2.05) is 36.4 Å². The summed E-state index contributed by atoms with van der Waals surface area (Å²) in [6.07, 6.45) is 8.83. The second-order valence-corrected chi connectivity index (χ2v) is 6.02. The van der Waals surface area contributed by atoms with E-state index in [0.717, 1.165) is 15.7 Å². The van der Waals surface area contributed by atoms with Crippen molar-refractivity contribution in [2.45, 2.75) is 6.04 Å². The van der Waals surface area contributed by atoms with Crippen LogP contribution in [0.2, 0.25) is 0 Å². The summed E-state index contributed by atoms with van der Waals surface area (Å²) in [5, 5.41) is 10.4. The van der Waals surface area contributed by atoms with Crippen LogP contribution in [-0.2, 0) is 0 Å². The largest absolute Gasteiger partial charge is 0.346 e. The molecule has 1 N–H and O–H groups in total. The molecule has 23 heavy (non-hydrogen) atoms. The van der Waals surface area contributed by atoms with E-state index in [1.54, 1.807) is 34.8 Å². The molecule has 0 radical (unpaired) electrons. The van der Waals surface area contributed by atoms with Gasteiger partial charge in [-0.05, 0) is 34.1 Å². The fraction of sp³-hybridized carbons (Fsp3) is 0.0625. The van der Waals surface area contributed by atoms with Crippen molar-refractivity contribution in [2.24, 2.45) is 5.10 Å². The van der Waals surface area contributed by atoms with Crippen LogP contribution >= 0.6 is 15.9 Å². The molecular weight excluding hydrogens is 358 g/mol. The van der Waals surface area contributed by atoms with E-state index < -0.39 is 0 Å². The van der Waals surface area contributed by atoms with Crippen LogP contribution in [0.5, 0.6) is 0 Å². The second kappa shape index (κ2) is 5.51. The van der Waals surface area contributed by atoms with Gasteiger partial charge in [0.25, 0.3) is 0 Å². The zero-order chi connectivity index (χ0) is 15.8. The molecule has 2 aliphatic rings. The number of hydrazone groups is 1. The summed E-state index contributed by atoms with van der Waals surface area (Å²) in [4.78, 5) is 16.8. The number of hydrazine groups is 1. The number of urea groups is 1. The highest BCUT2D eigenvalue weighted by Gasteiger charge is 2.38. The number of aromatic nitrogens is 1. The zero-order valence-electron chi connectivity index (χ0n) is 11.9. The number of halogens is 1. The fourth-order valence-corrected chi connectivity index (χ4v) is 3.08. The number of fused-ring (bicyclic) bond motifs is 3. The van der Waals surface area contributed by atoms with Gasteiger partial charge in [-0.1, -0.05) is 24.3 Å². The van der Waals surface area contributed by atoms with Gasteiger partial charge in [-0.3, -0.25) is 4.98 Å². The molecule has 114 valence electrons. The van der Waals surface area contributed by atoms with E-state index in [1.165, 1.54) is 0 Å². The molecule has 4 rings (SSSR count). The van der Waals surface area contributed by atoms with Crippen LogP contribution in [0, 0.1) is 0 Å². The Hall–Kier alpha value is -2.67. The normalized spacial score (nSPS) is 17.9. The first-order valence-electron chi connectivity index (χ1n) is 7.04. The number of nitrogens with one attached hydrogen (secondary N) is 1. The number of nitrogens with zero attached hydrogens (tertiary/aromatic N) is 4. The molecule has 3 heterocycles. The van der Waals surface area contributed by atoms with Gasteiger partial charge in [0.1, 0.15) is 6.04 Å². The average Bonchev–Trinajstić information content (AvgIpc) is 2.89. The van der Waals surface area contributed by atoms with Crippen molar-refractivity contribution in [3.63, 3.8) is 0 Å². The molecule has 0 saturated carbocycles. The van der Waals surface area contributed by atoms with E-state index in [2.05, 4.69) is 31.3 Å². The summed E-state index contributed by atoms with van der Waals surface area (Å²) in [7, 11) is 0. The molecule has 0 saturated heterocycles. The van der Waals surface area contributed by atoms with Gasteiger partial charge < -0.3 is 5.32 Å². The first-order valence-corrected chi connectivity index (χ1v) is 7.84. The Morgan fingerprint density at radius 3 is 3.00 bits per heavy atom. The van der Waals surface area contributed by atoms with E-state index in [4.69, 9.17) is 0 Å². The third kappa shape index (κ3) is 2.39. The lowest BCUT2D eigenvalue weighted by Gasteiger charge is -2.29. The number of anilines is 2. The topological polar surface area (TPSA) is 60.8 Å². The van der Waals surface area contributed by atoms with Crippen LogP contribution in [0.1, 0.15) is 11.6 Å². The number of carbonyl (C=O) groups is 1. The van der Waals surface area contributed by atoms with Gasteiger partial charge in [0.2, 0.25) is 0 Å². The number of pyridine rings is 1. The van der Waals surface area contributed by atoms with Crippen molar-refractivity contribution >= 4 is 39.6 Å². The van der Waals surface area contributed by atoms with Gasteiger partial charge in [0.05, 0.1) is 17.6 Å². The molecule has 1 aromatic carbocycles. The van der Waals surface area contributed by atoms with E-state index >= 15 is 0 Å². The lowest BCUT2D eigenvalue weighted by atomic mass is 10.1. The Labute approximate surface area is 141 Å². The van der Waals surface area contributed by atoms with Gasteiger partial charge in [-0.15, -0.1) is 0 Å². The maximum absolute atomic E-state index is 12.8. The summed E-state index contributed by atoms with van der Waals surface area (Å²) in [6.45, 7) is 0. The third-order valence-corrected chi connectivity index (χ3v) is 4.08. The zero-order valence-corrected chi connectivity index (χ0v) is 13.5. The molecule has 0 aliphatic carbocycles. The SMILES string of the molecule is O=C(Nc1cncc(Br)c1)N1c2ccccc2C2C=CC=NN21. The lowest BCUT2D eigenvalue weighted by molar-refractivity contribution is 0.216. The molecule has 2 aliphatic heterocycles. The van der Waals surface area contributed by atoms with Crippen molar-refractivity contribution in [3.05, 3.63) is 64.9 Å². The van der Waals surface area contributed by atoms with Gasteiger partial charge in [0, 0.05) is 22.4 Å². The molecule has 0 fully saturated rings. The monoisotopic (exact) mass is 369 g/mol. The minimum Gasteiger partial charge on any atom is -0.305 e. The Balaban J connectivity index is 1.68. The highest BCUT2D eigenvalue weighted by atomic mass is 79.9. The summed E-state index contributed by atoms with van der Waals surface area (Å²) < 4.78 is 0.800. The number of carbonyl (C=O) groups excluding carboxylic acids is 1. The average molecular weight is 370 g/mol. The quantitative estimate of drug-likeness (QED) is 0.833. The lowest BCUT2D eigenvalue weighted by Crippen LogP contribution is -2.43. The molecule has 0 bridgehead atoms. The Bertz CT molecular complexity index is 835. The van der Waals surface area contributed by atoms with Gasteiger partial charge in [0.15, 0.2) is 0 Å². The predicted molar refractivity (Wildman–Crippen MR) is 92.1 cm³/mol. The molecule has 6 nitrogen and oxygen atoms in total. The van der Waals surface area contributed by atoms with E-state index in [9.17, 15) is 4.79 Å². The summed E-state index contributed by atoms with van der Waals surface area (Å²) in [5.74, 6) is 0. The van der Waals surface area contributed by atoms with Crippen molar-refractivity contribution in [2.75, 3.05) is 10.3 Å². The molecule has 2 aromatic rings.